The third-order valence-corrected chi connectivity index (χ3v) is 8.73. The van der Waals surface area contributed by atoms with E-state index in [2.05, 4.69) is 9.69 Å². The van der Waals surface area contributed by atoms with Gasteiger partial charge < -0.3 is 32.6 Å². The van der Waals surface area contributed by atoms with Gasteiger partial charge in [-0.3, -0.25) is 4.55 Å². The molecule has 3 aromatic carbocycles. The lowest BCUT2D eigenvalue weighted by atomic mass is 10.1. The molecule has 0 saturated carbocycles. The Hall–Kier alpha value is -5.96. The number of carbonyl (C=O) groups is 2. The molecule has 3 aromatic rings. The van der Waals surface area contributed by atoms with E-state index in [0.29, 0.717) is 6.42 Å². The Balaban J connectivity index is 1.67. The molecule has 0 spiro atoms. The summed E-state index contributed by atoms with van der Waals surface area (Å²) in [5.74, 6) is -1.85. The zero-order chi connectivity index (χ0) is 38.3. The number of nitriles is 2. The maximum Gasteiger partial charge on any atom is 0.339 e. The molecule has 0 atom stereocenters. The molecule has 18 heteroatoms. The lowest BCUT2D eigenvalue weighted by molar-refractivity contribution is 0.0480. The van der Waals surface area contributed by atoms with Gasteiger partial charge >= 0.3 is 11.9 Å². The highest BCUT2D eigenvalue weighted by atomic mass is 32.3. The largest absolute Gasteiger partial charge is 0.494 e. The van der Waals surface area contributed by atoms with E-state index >= 15 is 0 Å². The highest BCUT2D eigenvalue weighted by molar-refractivity contribution is 8.19. The number of esters is 2. The molecule has 0 amide bonds. The van der Waals surface area contributed by atoms with Crippen molar-refractivity contribution in [1.82, 2.24) is 0 Å². The Morgan fingerprint density at radius 2 is 1.04 bits per heavy atom. The number of rotatable bonds is 16. The summed E-state index contributed by atoms with van der Waals surface area (Å²) in [7, 11) is -8.82. The summed E-state index contributed by atoms with van der Waals surface area (Å²) < 4.78 is 83.1. The van der Waals surface area contributed by atoms with E-state index < -0.39 is 37.8 Å². The quantitative estimate of drug-likeness (QED) is 0.0674. The highest BCUT2D eigenvalue weighted by Gasteiger charge is 2.24. The second-order valence-electron chi connectivity index (χ2n) is 10.4. The third kappa shape index (κ3) is 11.0. The van der Waals surface area contributed by atoms with Crippen LogP contribution in [-0.2, 0) is 19.6 Å². The van der Waals surface area contributed by atoms with Crippen LogP contribution in [0.2, 0.25) is 0 Å². The SMILES string of the molecule is [C-]#[N+]C(C#N)=c1cc(OCCCCOC(=O)c2ccccc2S(=O)(=O)O)c(=C(C#N)[N+]#[C-])cc1OCCCCOC(=O)c1ccccc1S(O)(O)O. The second kappa shape index (κ2) is 18.9. The number of carbonyl (C=O) groups excluding carboxylic acids is 2. The van der Waals surface area contributed by atoms with E-state index in [0.717, 1.165) is 6.07 Å². The fraction of sp³-hybridized carbons (Fsp3) is 0.235. The zero-order valence-electron chi connectivity index (χ0n) is 27.1. The van der Waals surface area contributed by atoms with Gasteiger partial charge in [-0.25, -0.2) is 29.8 Å². The Bertz CT molecular complexity index is 2190. The predicted octanol–water partition coefficient (Wildman–Crippen LogP) is 4.65. The van der Waals surface area contributed by atoms with Crippen molar-refractivity contribution in [2.45, 2.75) is 35.5 Å². The molecule has 270 valence electrons. The Kier molecular flexibility index (Phi) is 14.7. The van der Waals surface area contributed by atoms with Crippen molar-refractivity contribution in [2.24, 2.45) is 0 Å². The summed E-state index contributed by atoms with van der Waals surface area (Å²) >= 11 is 0. The van der Waals surface area contributed by atoms with Gasteiger partial charge in [0.25, 0.3) is 21.5 Å². The normalized spacial score (nSPS) is 12.5. The third-order valence-electron chi connectivity index (χ3n) is 6.87. The van der Waals surface area contributed by atoms with Gasteiger partial charge in [0, 0.05) is 10.4 Å². The maximum absolute atomic E-state index is 12.4. The summed E-state index contributed by atoms with van der Waals surface area (Å²) in [6.45, 7) is 14.6. The molecule has 0 aliphatic carbocycles. The van der Waals surface area contributed by atoms with Gasteiger partial charge in [0.2, 0.25) is 0 Å². The lowest BCUT2D eigenvalue weighted by Gasteiger charge is -2.21. The molecule has 0 aliphatic heterocycles. The van der Waals surface area contributed by atoms with E-state index in [-0.39, 0.29) is 95.0 Å². The summed E-state index contributed by atoms with van der Waals surface area (Å²) in [5.41, 5.74) is -1.29. The topological polar surface area (TPSA) is 242 Å². The lowest BCUT2D eigenvalue weighted by Crippen LogP contribution is -2.20. The molecule has 0 heterocycles. The molecule has 0 unspecified atom stereocenters. The molecule has 0 fully saturated rings. The first-order valence-electron chi connectivity index (χ1n) is 15.0. The number of hydrogen-bond acceptors (Lipinski definition) is 13. The van der Waals surface area contributed by atoms with Crippen molar-refractivity contribution in [2.75, 3.05) is 26.4 Å². The second-order valence-corrected chi connectivity index (χ2v) is 13.2. The molecule has 0 saturated heterocycles. The van der Waals surface area contributed by atoms with Crippen LogP contribution in [0.5, 0.6) is 11.5 Å². The number of ether oxygens (including phenoxy) is 4. The van der Waals surface area contributed by atoms with Crippen molar-refractivity contribution >= 4 is 44.3 Å². The van der Waals surface area contributed by atoms with Crippen LogP contribution in [0.4, 0.5) is 0 Å². The van der Waals surface area contributed by atoms with Gasteiger partial charge in [-0.1, -0.05) is 24.3 Å². The van der Waals surface area contributed by atoms with Crippen molar-refractivity contribution in [3.63, 3.8) is 0 Å². The van der Waals surface area contributed by atoms with E-state index in [1.807, 2.05) is 0 Å². The summed E-state index contributed by atoms with van der Waals surface area (Å²) in [6, 6.07) is 16.4. The number of nitrogens with zero attached hydrogens (tertiary/aromatic N) is 4. The van der Waals surface area contributed by atoms with Crippen LogP contribution in [0.15, 0.2) is 70.5 Å². The molecular weight excluding hydrogens is 721 g/mol. The fourth-order valence-corrected chi connectivity index (χ4v) is 5.84. The zero-order valence-corrected chi connectivity index (χ0v) is 28.7. The minimum Gasteiger partial charge on any atom is -0.494 e. The van der Waals surface area contributed by atoms with E-state index in [1.54, 1.807) is 12.1 Å². The van der Waals surface area contributed by atoms with Crippen LogP contribution in [0, 0.1) is 35.8 Å². The first-order chi connectivity index (χ1) is 24.8. The van der Waals surface area contributed by atoms with Crippen LogP contribution >= 0.6 is 10.9 Å². The van der Waals surface area contributed by atoms with Gasteiger partial charge in [-0.05, 0) is 62.1 Å². The van der Waals surface area contributed by atoms with E-state index in [1.165, 1.54) is 54.6 Å². The van der Waals surface area contributed by atoms with Crippen LogP contribution in [0.25, 0.3) is 21.1 Å². The molecule has 0 bridgehead atoms. The van der Waals surface area contributed by atoms with Crippen molar-refractivity contribution in [3.8, 4) is 23.6 Å². The summed E-state index contributed by atoms with van der Waals surface area (Å²) in [5, 5.41) is 19.2. The standard InChI is InChI=1S/C34H30N4O12S2/c1-37-27(21-35)25-19-30(48-16-8-10-18-50-34(40)24-12-4-6-14-32(24)52(44,45)46)26(28(22-36)38-2)20-29(25)47-15-7-9-17-49-33(39)23-11-3-5-13-31(23)51(41,42)43/h3-6,11-14,19-20,41-43H,7-10,15-18H2,(H,44,45,46). The molecule has 16 nitrogen and oxygen atoms in total. The van der Waals surface area contributed by atoms with Crippen molar-refractivity contribution in [3.05, 3.63) is 105 Å². The van der Waals surface area contributed by atoms with Crippen LogP contribution in [0.1, 0.15) is 46.4 Å². The Labute approximate surface area is 299 Å². The number of unbranched alkanes of at least 4 members (excludes halogenated alkanes) is 2. The average Bonchev–Trinajstić information content (AvgIpc) is 3.12. The van der Waals surface area contributed by atoms with Gasteiger partial charge in [0.1, 0.15) is 27.3 Å². The summed E-state index contributed by atoms with van der Waals surface area (Å²) in [6.07, 6.45) is 1.08. The predicted molar refractivity (Wildman–Crippen MR) is 183 cm³/mol. The molecule has 52 heavy (non-hydrogen) atoms. The van der Waals surface area contributed by atoms with Crippen LogP contribution in [0.3, 0.4) is 0 Å². The first-order valence-corrected chi connectivity index (χ1v) is 17.9. The van der Waals surface area contributed by atoms with Crippen LogP contribution in [-0.4, -0.2) is 65.0 Å². The maximum atomic E-state index is 12.4. The Morgan fingerprint density at radius 1 is 0.654 bits per heavy atom. The monoisotopic (exact) mass is 750 g/mol. The molecule has 0 aliphatic rings. The van der Waals surface area contributed by atoms with Crippen molar-refractivity contribution < 1.29 is 55.2 Å². The van der Waals surface area contributed by atoms with Crippen LogP contribution < -0.4 is 19.9 Å². The highest BCUT2D eigenvalue weighted by Crippen LogP contribution is 2.45. The van der Waals surface area contributed by atoms with Crippen molar-refractivity contribution in [1.29, 1.82) is 10.5 Å². The van der Waals surface area contributed by atoms with Gasteiger partial charge in [0.15, 0.2) is 0 Å². The fourth-order valence-electron chi connectivity index (χ4n) is 4.45. The smallest absolute Gasteiger partial charge is 0.339 e. The molecule has 3 rings (SSSR count). The number of benzene rings is 3. The molecular formula is C34H30N4O12S2. The molecule has 0 radical (unpaired) electrons. The average molecular weight is 751 g/mol. The summed E-state index contributed by atoms with van der Waals surface area (Å²) in [4.78, 5) is 30.3. The molecule has 4 N–H and O–H groups in total. The minimum absolute atomic E-state index is 0.00228. The minimum atomic E-state index is -4.66. The first kappa shape index (κ1) is 40.5. The number of hydrogen-bond donors (Lipinski definition) is 4. The van der Waals surface area contributed by atoms with E-state index in [9.17, 15) is 46.7 Å². The molecule has 0 aromatic heterocycles. The van der Waals surface area contributed by atoms with E-state index in [4.69, 9.17) is 32.1 Å². The van der Waals surface area contributed by atoms with Gasteiger partial charge in [0.05, 0.1) is 67.7 Å². The van der Waals surface area contributed by atoms with Gasteiger partial charge in [-0.15, -0.1) is 0 Å². The van der Waals surface area contributed by atoms with Gasteiger partial charge in [-0.2, -0.15) is 8.42 Å². The Morgan fingerprint density at radius 3 is 1.42 bits per heavy atom.